The van der Waals surface area contributed by atoms with Gasteiger partial charge in [0.1, 0.15) is 0 Å². The van der Waals surface area contributed by atoms with E-state index in [-0.39, 0.29) is 5.78 Å². The number of allylic oxidation sites excluding steroid dienone is 2. The average molecular weight is 229 g/mol. The minimum Gasteiger partial charge on any atom is -0.375 e. The number of carbonyl (C=O) groups is 1. The number of benzene rings is 1. The number of hydrogen-bond donors (Lipinski definition) is 0. The summed E-state index contributed by atoms with van der Waals surface area (Å²) in [5.74, 6) is 0.105. The third kappa shape index (κ3) is 3.19. The van der Waals surface area contributed by atoms with Crippen LogP contribution in [0.1, 0.15) is 36.5 Å². The lowest BCUT2D eigenvalue weighted by atomic mass is 10.1. The van der Waals surface area contributed by atoms with Gasteiger partial charge in [-0.1, -0.05) is 30.3 Å². The van der Waals surface area contributed by atoms with Crippen molar-refractivity contribution in [3.05, 3.63) is 47.7 Å². The maximum absolute atomic E-state index is 12.0. The summed E-state index contributed by atoms with van der Waals surface area (Å²) in [6.45, 7) is 4.21. The van der Waals surface area contributed by atoms with Gasteiger partial charge in [-0.25, -0.2) is 0 Å². The van der Waals surface area contributed by atoms with Gasteiger partial charge < -0.3 is 4.90 Å². The Bertz CT molecular complexity index is 402. The summed E-state index contributed by atoms with van der Waals surface area (Å²) in [5.41, 5.74) is 1.86. The van der Waals surface area contributed by atoms with Crippen molar-refractivity contribution >= 4 is 5.78 Å². The van der Waals surface area contributed by atoms with Crippen LogP contribution in [0.5, 0.6) is 0 Å². The molecule has 90 valence electrons. The van der Waals surface area contributed by atoms with Gasteiger partial charge >= 0.3 is 0 Å². The van der Waals surface area contributed by atoms with Crippen molar-refractivity contribution < 1.29 is 4.79 Å². The van der Waals surface area contributed by atoms with Gasteiger partial charge in [-0.2, -0.15) is 0 Å². The van der Waals surface area contributed by atoms with Gasteiger partial charge in [0.05, 0.1) is 0 Å². The second-order valence-electron chi connectivity index (χ2n) is 4.56. The van der Waals surface area contributed by atoms with Crippen molar-refractivity contribution in [3.63, 3.8) is 0 Å². The highest BCUT2D eigenvalue weighted by Gasteiger charge is 2.11. The topological polar surface area (TPSA) is 20.3 Å². The highest BCUT2D eigenvalue weighted by Crippen LogP contribution is 2.15. The molecule has 2 nitrogen and oxygen atoms in total. The molecule has 1 fully saturated rings. The van der Waals surface area contributed by atoms with Gasteiger partial charge in [-0.05, 0) is 26.2 Å². The first-order valence-electron chi connectivity index (χ1n) is 6.30. The van der Waals surface area contributed by atoms with Gasteiger partial charge in [0.2, 0.25) is 0 Å². The number of ketones is 1. The van der Waals surface area contributed by atoms with Crippen molar-refractivity contribution in [1.29, 1.82) is 0 Å². The van der Waals surface area contributed by atoms with Gasteiger partial charge in [-0.3, -0.25) is 4.79 Å². The van der Waals surface area contributed by atoms with Gasteiger partial charge in [0.15, 0.2) is 5.78 Å². The molecule has 17 heavy (non-hydrogen) atoms. The van der Waals surface area contributed by atoms with Crippen molar-refractivity contribution in [2.75, 3.05) is 13.1 Å². The number of nitrogens with zero attached hydrogens (tertiary/aromatic N) is 1. The van der Waals surface area contributed by atoms with Gasteiger partial charge in [-0.15, -0.1) is 0 Å². The summed E-state index contributed by atoms with van der Waals surface area (Å²) in [6, 6.07) is 9.46. The predicted molar refractivity (Wildman–Crippen MR) is 70.0 cm³/mol. The van der Waals surface area contributed by atoms with Gasteiger partial charge in [0.25, 0.3) is 0 Å². The molecule has 0 amide bonds. The molecule has 0 atom stereocenters. The molecule has 0 spiro atoms. The summed E-state index contributed by atoms with van der Waals surface area (Å²) >= 11 is 0. The summed E-state index contributed by atoms with van der Waals surface area (Å²) in [6.07, 6.45) is 5.56. The van der Waals surface area contributed by atoms with Crippen LogP contribution in [0.25, 0.3) is 0 Å². The Labute approximate surface area is 103 Å². The zero-order valence-electron chi connectivity index (χ0n) is 10.4. The SMILES string of the molecule is CC(=CC(=O)c1ccccc1)N1CCCCC1. The Morgan fingerprint density at radius 3 is 2.41 bits per heavy atom. The van der Waals surface area contributed by atoms with Gasteiger partial charge in [0, 0.05) is 30.4 Å². The monoisotopic (exact) mass is 229 g/mol. The van der Waals surface area contributed by atoms with Crippen LogP contribution in [-0.4, -0.2) is 23.8 Å². The molecule has 2 heteroatoms. The lowest BCUT2D eigenvalue weighted by Gasteiger charge is -2.29. The standard InChI is InChI=1S/C15H19NO/c1-13(16-10-6-3-7-11-16)12-15(17)14-8-4-2-5-9-14/h2,4-5,8-9,12H,3,6-7,10-11H2,1H3. The van der Waals surface area contributed by atoms with E-state index in [0.29, 0.717) is 0 Å². The Hall–Kier alpha value is -1.57. The van der Waals surface area contributed by atoms with E-state index in [4.69, 9.17) is 0 Å². The van der Waals surface area contributed by atoms with E-state index in [0.717, 1.165) is 24.4 Å². The highest BCUT2D eigenvalue weighted by atomic mass is 16.1. The van der Waals surface area contributed by atoms with Crippen LogP contribution in [-0.2, 0) is 0 Å². The fourth-order valence-corrected chi connectivity index (χ4v) is 2.21. The van der Waals surface area contributed by atoms with Crippen molar-refractivity contribution in [2.45, 2.75) is 26.2 Å². The summed E-state index contributed by atoms with van der Waals surface area (Å²) in [5, 5.41) is 0. The predicted octanol–water partition coefficient (Wildman–Crippen LogP) is 3.26. The molecule has 1 saturated heterocycles. The molecule has 1 heterocycles. The maximum Gasteiger partial charge on any atom is 0.187 e. The molecular formula is C15H19NO. The van der Waals surface area contributed by atoms with Crippen LogP contribution in [0.15, 0.2) is 42.1 Å². The van der Waals surface area contributed by atoms with Crippen LogP contribution in [0.3, 0.4) is 0 Å². The average Bonchev–Trinajstić information content (AvgIpc) is 2.40. The Morgan fingerprint density at radius 1 is 1.12 bits per heavy atom. The van der Waals surface area contributed by atoms with Crippen LogP contribution in [0.4, 0.5) is 0 Å². The largest absolute Gasteiger partial charge is 0.375 e. The van der Waals surface area contributed by atoms with E-state index < -0.39 is 0 Å². The first-order chi connectivity index (χ1) is 8.27. The lowest BCUT2D eigenvalue weighted by molar-refractivity contribution is 0.104. The molecule has 0 aromatic heterocycles. The van der Waals surface area contributed by atoms with Crippen LogP contribution < -0.4 is 0 Å². The summed E-state index contributed by atoms with van der Waals surface area (Å²) in [4.78, 5) is 14.3. The molecule has 0 bridgehead atoms. The second-order valence-corrected chi connectivity index (χ2v) is 4.56. The minimum atomic E-state index is 0.105. The van der Waals surface area contributed by atoms with E-state index in [1.165, 1.54) is 19.3 Å². The van der Waals surface area contributed by atoms with Crippen LogP contribution in [0.2, 0.25) is 0 Å². The zero-order valence-corrected chi connectivity index (χ0v) is 10.4. The van der Waals surface area contributed by atoms with E-state index in [1.54, 1.807) is 6.08 Å². The molecule has 0 aliphatic carbocycles. The third-order valence-electron chi connectivity index (χ3n) is 3.25. The Morgan fingerprint density at radius 2 is 1.76 bits per heavy atom. The molecule has 0 radical (unpaired) electrons. The second kappa shape index (κ2) is 5.67. The highest BCUT2D eigenvalue weighted by molar-refractivity contribution is 6.04. The molecular weight excluding hydrogens is 210 g/mol. The summed E-state index contributed by atoms with van der Waals surface area (Å²) < 4.78 is 0. The van der Waals surface area contributed by atoms with Crippen LogP contribution in [0, 0.1) is 0 Å². The van der Waals surface area contributed by atoms with E-state index in [2.05, 4.69) is 4.90 Å². The molecule has 0 N–H and O–H groups in total. The van der Waals surface area contributed by atoms with E-state index in [9.17, 15) is 4.79 Å². The van der Waals surface area contributed by atoms with E-state index in [1.807, 2.05) is 37.3 Å². The van der Waals surface area contributed by atoms with E-state index >= 15 is 0 Å². The number of hydrogen-bond acceptors (Lipinski definition) is 2. The molecule has 1 aromatic carbocycles. The summed E-state index contributed by atoms with van der Waals surface area (Å²) in [7, 11) is 0. The molecule has 2 rings (SSSR count). The smallest absolute Gasteiger partial charge is 0.187 e. The maximum atomic E-state index is 12.0. The quantitative estimate of drug-likeness (QED) is 0.585. The first-order valence-corrected chi connectivity index (χ1v) is 6.30. The van der Waals surface area contributed by atoms with Crippen molar-refractivity contribution in [3.8, 4) is 0 Å². The van der Waals surface area contributed by atoms with Crippen molar-refractivity contribution in [1.82, 2.24) is 4.90 Å². The van der Waals surface area contributed by atoms with Crippen molar-refractivity contribution in [2.24, 2.45) is 0 Å². The first kappa shape index (κ1) is 11.9. The normalized spacial score (nSPS) is 17.0. The molecule has 0 unspecified atom stereocenters. The fourth-order valence-electron chi connectivity index (χ4n) is 2.21. The zero-order chi connectivity index (χ0) is 12.1. The number of likely N-dealkylation sites (tertiary alicyclic amines) is 1. The number of carbonyl (C=O) groups excluding carboxylic acids is 1. The Balaban J connectivity index is 2.05. The lowest BCUT2D eigenvalue weighted by Crippen LogP contribution is -2.28. The molecule has 1 aromatic rings. The third-order valence-corrected chi connectivity index (χ3v) is 3.25. The minimum absolute atomic E-state index is 0.105. The molecule has 1 aliphatic heterocycles. The van der Waals surface area contributed by atoms with Crippen LogP contribution >= 0.6 is 0 Å². The fraction of sp³-hybridized carbons (Fsp3) is 0.400. The molecule has 1 aliphatic rings. The molecule has 0 saturated carbocycles. The number of piperidine rings is 1. The number of rotatable bonds is 3. The Kier molecular flexibility index (Phi) is 3.97.